The van der Waals surface area contributed by atoms with Crippen molar-refractivity contribution >= 4 is 11.0 Å². The first kappa shape index (κ1) is 9.63. The van der Waals surface area contributed by atoms with Crippen LogP contribution in [0.15, 0.2) is 16.9 Å². The van der Waals surface area contributed by atoms with Gasteiger partial charge in [0.05, 0.1) is 11.0 Å². The third kappa shape index (κ3) is 1.16. The molecule has 1 N–H and O–H groups in total. The van der Waals surface area contributed by atoms with Gasteiger partial charge in [-0.1, -0.05) is 6.92 Å². The van der Waals surface area contributed by atoms with Crippen LogP contribution >= 0.6 is 0 Å². The van der Waals surface area contributed by atoms with Gasteiger partial charge < -0.3 is 4.98 Å². The molecule has 1 aliphatic heterocycles. The summed E-state index contributed by atoms with van der Waals surface area (Å²) in [4.78, 5) is 14.6. The summed E-state index contributed by atoms with van der Waals surface area (Å²) in [6.45, 7) is 2.07. The maximum absolute atomic E-state index is 13.3. The van der Waals surface area contributed by atoms with Gasteiger partial charge in [0.2, 0.25) is 0 Å². The molecule has 3 rings (SSSR count). The number of aromatic amines is 1. The lowest BCUT2D eigenvalue weighted by molar-refractivity contribution is 0.437. The van der Waals surface area contributed by atoms with Gasteiger partial charge in [0.15, 0.2) is 0 Å². The average molecular weight is 220 g/mol. The van der Waals surface area contributed by atoms with Crippen molar-refractivity contribution in [2.45, 2.75) is 32.2 Å². The summed E-state index contributed by atoms with van der Waals surface area (Å²) in [5, 5.41) is 0. The molecule has 0 saturated heterocycles. The van der Waals surface area contributed by atoms with E-state index in [1.165, 1.54) is 12.1 Å². The SMILES string of the molecule is CCC1CCc2cc(F)cc3[nH]c(=O)n1c23. The van der Waals surface area contributed by atoms with Crippen LogP contribution in [0.1, 0.15) is 31.4 Å². The van der Waals surface area contributed by atoms with E-state index in [2.05, 4.69) is 11.9 Å². The number of aromatic nitrogens is 2. The van der Waals surface area contributed by atoms with Crippen LogP contribution in [-0.4, -0.2) is 9.55 Å². The van der Waals surface area contributed by atoms with Crippen molar-refractivity contribution in [1.29, 1.82) is 0 Å². The van der Waals surface area contributed by atoms with Crippen molar-refractivity contribution < 1.29 is 4.39 Å². The number of aryl methyl sites for hydroxylation is 1. The fourth-order valence-electron chi connectivity index (χ4n) is 2.69. The Balaban J connectivity index is 2.43. The maximum atomic E-state index is 13.3. The van der Waals surface area contributed by atoms with Crippen molar-refractivity contribution in [2.75, 3.05) is 0 Å². The molecule has 1 unspecified atom stereocenters. The van der Waals surface area contributed by atoms with Crippen molar-refractivity contribution in [1.82, 2.24) is 9.55 Å². The number of halogens is 1. The first-order chi connectivity index (χ1) is 7.70. The number of hydrogen-bond acceptors (Lipinski definition) is 1. The molecular formula is C12H13FN2O. The Morgan fingerprint density at radius 1 is 1.56 bits per heavy atom. The highest BCUT2D eigenvalue weighted by atomic mass is 19.1. The van der Waals surface area contributed by atoms with Crippen LogP contribution in [0.2, 0.25) is 0 Å². The molecule has 3 nitrogen and oxygen atoms in total. The van der Waals surface area contributed by atoms with E-state index in [1.54, 1.807) is 4.57 Å². The summed E-state index contributed by atoms with van der Waals surface area (Å²) in [5.74, 6) is -0.272. The standard InChI is InChI=1S/C12H13FN2O/c1-2-9-4-3-7-5-8(13)6-10-11(7)15(9)12(16)14-10/h5-6,9H,2-4H2,1H3,(H,14,16). The zero-order valence-electron chi connectivity index (χ0n) is 9.09. The molecule has 2 heterocycles. The molecule has 0 saturated carbocycles. The minimum Gasteiger partial charge on any atom is -0.305 e. The van der Waals surface area contributed by atoms with Gasteiger partial charge in [0, 0.05) is 6.04 Å². The predicted molar refractivity (Wildman–Crippen MR) is 60.2 cm³/mol. The Bertz CT molecular complexity index is 611. The van der Waals surface area contributed by atoms with Crippen LogP contribution in [0.5, 0.6) is 0 Å². The third-order valence-electron chi connectivity index (χ3n) is 3.44. The van der Waals surface area contributed by atoms with Crippen LogP contribution in [0.4, 0.5) is 4.39 Å². The maximum Gasteiger partial charge on any atom is 0.326 e. The number of benzene rings is 1. The van der Waals surface area contributed by atoms with Crippen molar-refractivity contribution in [3.63, 3.8) is 0 Å². The minimum absolute atomic E-state index is 0.117. The molecule has 4 heteroatoms. The summed E-state index contributed by atoms with van der Waals surface area (Å²) in [5.41, 5.74) is 2.34. The average Bonchev–Trinajstić information content (AvgIpc) is 2.58. The van der Waals surface area contributed by atoms with E-state index in [1.807, 2.05) is 0 Å². The van der Waals surface area contributed by atoms with E-state index in [4.69, 9.17) is 0 Å². The molecule has 1 aromatic heterocycles. The van der Waals surface area contributed by atoms with E-state index >= 15 is 0 Å². The first-order valence-electron chi connectivity index (χ1n) is 5.63. The van der Waals surface area contributed by atoms with Crippen molar-refractivity contribution in [2.24, 2.45) is 0 Å². The van der Waals surface area contributed by atoms with E-state index in [0.29, 0.717) is 5.52 Å². The molecule has 2 aromatic rings. The molecule has 0 radical (unpaired) electrons. The smallest absolute Gasteiger partial charge is 0.305 e. The highest BCUT2D eigenvalue weighted by molar-refractivity contribution is 5.80. The van der Waals surface area contributed by atoms with Gasteiger partial charge in [-0.3, -0.25) is 4.57 Å². The molecule has 1 aromatic carbocycles. The number of hydrogen-bond donors (Lipinski definition) is 1. The lowest BCUT2D eigenvalue weighted by atomic mass is 9.97. The lowest BCUT2D eigenvalue weighted by Gasteiger charge is -2.23. The topological polar surface area (TPSA) is 37.8 Å². The second-order valence-corrected chi connectivity index (χ2v) is 4.36. The first-order valence-corrected chi connectivity index (χ1v) is 5.63. The van der Waals surface area contributed by atoms with Gasteiger partial charge in [0.25, 0.3) is 0 Å². The van der Waals surface area contributed by atoms with Crippen molar-refractivity contribution in [3.05, 3.63) is 34.0 Å². The number of H-pyrrole nitrogens is 1. The number of imidazole rings is 1. The van der Waals surface area contributed by atoms with E-state index in [9.17, 15) is 9.18 Å². The highest BCUT2D eigenvalue weighted by Gasteiger charge is 2.23. The Labute approximate surface area is 91.9 Å². The molecule has 0 fully saturated rings. The van der Waals surface area contributed by atoms with Gasteiger partial charge in [-0.2, -0.15) is 0 Å². The summed E-state index contributed by atoms with van der Waals surface area (Å²) in [6, 6.07) is 3.19. The Morgan fingerprint density at radius 2 is 2.38 bits per heavy atom. The van der Waals surface area contributed by atoms with Gasteiger partial charge in [-0.05, 0) is 37.0 Å². The molecule has 0 amide bonds. The number of nitrogens with zero attached hydrogens (tertiary/aromatic N) is 1. The fourth-order valence-corrected chi connectivity index (χ4v) is 2.69. The number of rotatable bonds is 1. The molecule has 1 atom stereocenters. The molecule has 16 heavy (non-hydrogen) atoms. The van der Waals surface area contributed by atoms with Gasteiger partial charge in [-0.15, -0.1) is 0 Å². The summed E-state index contributed by atoms with van der Waals surface area (Å²) >= 11 is 0. The lowest BCUT2D eigenvalue weighted by Crippen LogP contribution is -2.25. The second kappa shape index (κ2) is 3.20. The van der Waals surface area contributed by atoms with Crippen molar-refractivity contribution in [3.8, 4) is 0 Å². The monoisotopic (exact) mass is 220 g/mol. The van der Waals surface area contributed by atoms with E-state index in [0.717, 1.165) is 30.3 Å². The molecule has 0 aliphatic carbocycles. The van der Waals surface area contributed by atoms with Crippen LogP contribution < -0.4 is 5.69 Å². The summed E-state index contributed by atoms with van der Waals surface area (Å²) < 4.78 is 15.1. The zero-order chi connectivity index (χ0) is 11.3. The normalized spacial score (nSPS) is 19.2. The van der Waals surface area contributed by atoms with Crippen LogP contribution in [0.3, 0.4) is 0 Å². The van der Waals surface area contributed by atoms with Crippen LogP contribution in [-0.2, 0) is 6.42 Å². The molecular weight excluding hydrogens is 207 g/mol. The largest absolute Gasteiger partial charge is 0.326 e. The van der Waals surface area contributed by atoms with Gasteiger partial charge in [0.1, 0.15) is 5.82 Å². The number of nitrogens with one attached hydrogen (secondary N) is 1. The van der Waals surface area contributed by atoms with Gasteiger partial charge in [-0.25, -0.2) is 9.18 Å². The molecule has 0 spiro atoms. The van der Waals surface area contributed by atoms with Gasteiger partial charge >= 0.3 is 5.69 Å². The summed E-state index contributed by atoms with van der Waals surface area (Å²) in [6.07, 6.45) is 2.70. The van der Waals surface area contributed by atoms with Crippen LogP contribution in [0.25, 0.3) is 11.0 Å². The molecule has 0 bridgehead atoms. The fraction of sp³-hybridized carbons (Fsp3) is 0.417. The Morgan fingerprint density at radius 3 is 3.12 bits per heavy atom. The second-order valence-electron chi connectivity index (χ2n) is 4.36. The van der Waals surface area contributed by atoms with Crippen LogP contribution in [0, 0.1) is 5.82 Å². The zero-order valence-corrected chi connectivity index (χ0v) is 9.09. The molecule has 1 aliphatic rings. The Kier molecular flexibility index (Phi) is 1.93. The summed E-state index contributed by atoms with van der Waals surface area (Å²) in [7, 11) is 0. The Hall–Kier alpha value is -1.58. The third-order valence-corrected chi connectivity index (χ3v) is 3.44. The minimum atomic E-state index is -0.272. The quantitative estimate of drug-likeness (QED) is 0.787. The predicted octanol–water partition coefficient (Wildman–Crippen LogP) is 2.37. The highest BCUT2D eigenvalue weighted by Crippen LogP contribution is 2.30. The van der Waals surface area contributed by atoms with E-state index < -0.39 is 0 Å². The molecule has 84 valence electrons. The van der Waals surface area contributed by atoms with E-state index in [-0.39, 0.29) is 17.5 Å².